The van der Waals surface area contributed by atoms with Gasteiger partial charge in [-0.15, -0.1) is 0 Å². The Bertz CT molecular complexity index is 655. The Kier molecular flexibility index (Phi) is 4.59. The number of carbonyl (C=O) groups is 2. The Morgan fingerprint density at radius 3 is 2.86 bits per heavy atom. The summed E-state index contributed by atoms with van der Waals surface area (Å²) in [4.78, 5) is 26.4. The number of ether oxygens (including phenoxy) is 1. The molecule has 0 saturated carbocycles. The molecule has 0 aromatic carbocycles. The van der Waals surface area contributed by atoms with Crippen molar-refractivity contribution in [2.75, 3.05) is 19.0 Å². The average molecular weight is 333 g/mol. The molecule has 1 N–H and O–H groups in total. The third-order valence-corrected chi connectivity index (χ3v) is 6.27. The Morgan fingerprint density at radius 2 is 2.24 bits per heavy atom. The minimum absolute atomic E-state index is 0.0120. The lowest BCUT2D eigenvalue weighted by Gasteiger charge is -2.20. The normalized spacial score (nSPS) is 19.4. The standard InChI is InChI=1S/C11H15N3O5S2/c1-7(15)13-11-12-6-9(20-11)21(17,18)14-5-3-4-8(14)10(16)19-2/h6,8H,3-5H2,1-2H3,(H,12,13,15)/t8-/m0/s1. The first-order valence-corrected chi connectivity index (χ1v) is 8.45. The highest BCUT2D eigenvalue weighted by Gasteiger charge is 2.41. The van der Waals surface area contributed by atoms with Crippen molar-refractivity contribution in [3.05, 3.63) is 6.20 Å². The van der Waals surface area contributed by atoms with Crippen LogP contribution in [0, 0.1) is 0 Å². The molecule has 10 heteroatoms. The first-order valence-electron chi connectivity index (χ1n) is 6.19. The largest absolute Gasteiger partial charge is 0.468 e. The Hall–Kier alpha value is -1.52. The summed E-state index contributed by atoms with van der Waals surface area (Å²) in [6.45, 7) is 1.57. The van der Waals surface area contributed by atoms with Crippen molar-refractivity contribution < 1.29 is 22.7 Å². The van der Waals surface area contributed by atoms with Gasteiger partial charge in [-0.3, -0.25) is 9.59 Å². The lowest BCUT2D eigenvalue weighted by Crippen LogP contribution is -2.40. The third kappa shape index (κ3) is 3.22. The molecule has 21 heavy (non-hydrogen) atoms. The Labute approximate surface area is 126 Å². The van der Waals surface area contributed by atoms with Gasteiger partial charge in [0.05, 0.1) is 13.3 Å². The zero-order valence-electron chi connectivity index (χ0n) is 11.5. The number of nitrogens with zero attached hydrogens (tertiary/aromatic N) is 2. The van der Waals surface area contributed by atoms with Crippen LogP contribution in [0.3, 0.4) is 0 Å². The lowest BCUT2D eigenvalue weighted by molar-refractivity contribution is -0.144. The Morgan fingerprint density at radius 1 is 1.52 bits per heavy atom. The number of hydrogen-bond donors (Lipinski definition) is 1. The van der Waals surface area contributed by atoms with Crippen molar-refractivity contribution in [1.82, 2.24) is 9.29 Å². The van der Waals surface area contributed by atoms with E-state index in [0.29, 0.717) is 12.8 Å². The predicted octanol–water partition coefficient (Wildman–Crippen LogP) is 0.428. The van der Waals surface area contributed by atoms with Crippen molar-refractivity contribution >= 4 is 38.4 Å². The van der Waals surface area contributed by atoms with Gasteiger partial charge in [0.15, 0.2) is 9.34 Å². The summed E-state index contributed by atoms with van der Waals surface area (Å²) in [5.74, 6) is -0.899. The maximum absolute atomic E-state index is 12.5. The molecule has 1 saturated heterocycles. The number of rotatable bonds is 4. The van der Waals surface area contributed by atoms with Crippen LogP contribution in [0.4, 0.5) is 5.13 Å². The van der Waals surface area contributed by atoms with Crippen molar-refractivity contribution in [2.45, 2.75) is 30.0 Å². The maximum atomic E-state index is 12.5. The second-order valence-electron chi connectivity index (χ2n) is 4.46. The van der Waals surface area contributed by atoms with E-state index in [0.717, 1.165) is 15.6 Å². The molecule has 0 bridgehead atoms. The van der Waals surface area contributed by atoms with E-state index < -0.39 is 22.0 Å². The topological polar surface area (TPSA) is 106 Å². The molecule has 1 aliphatic rings. The minimum atomic E-state index is -3.82. The van der Waals surface area contributed by atoms with Crippen LogP contribution in [0.2, 0.25) is 0 Å². The van der Waals surface area contributed by atoms with E-state index >= 15 is 0 Å². The van der Waals surface area contributed by atoms with E-state index in [1.165, 1.54) is 20.2 Å². The van der Waals surface area contributed by atoms with E-state index in [1.54, 1.807) is 0 Å². The summed E-state index contributed by atoms with van der Waals surface area (Å²) in [6.07, 6.45) is 2.21. The molecule has 0 spiro atoms. The van der Waals surface area contributed by atoms with Crippen LogP contribution < -0.4 is 5.32 Å². The van der Waals surface area contributed by atoms with Gasteiger partial charge in [0.2, 0.25) is 5.91 Å². The number of carbonyl (C=O) groups excluding carboxylic acids is 2. The van der Waals surface area contributed by atoms with Gasteiger partial charge in [-0.05, 0) is 12.8 Å². The molecular formula is C11H15N3O5S2. The zero-order chi connectivity index (χ0) is 15.6. The van der Waals surface area contributed by atoms with E-state index in [2.05, 4.69) is 15.0 Å². The van der Waals surface area contributed by atoms with E-state index in [-0.39, 0.29) is 21.8 Å². The summed E-state index contributed by atoms with van der Waals surface area (Å²) in [5.41, 5.74) is 0. The van der Waals surface area contributed by atoms with Crippen LogP contribution in [0.5, 0.6) is 0 Å². The lowest BCUT2D eigenvalue weighted by atomic mass is 10.2. The molecule has 2 heterocycles. The van der Waals surface area contributed by atoms with Gasteiger partial charge < -0.3 is 10.1 Å². The Balaban J connectivity index is 2.26. The fourth-order valence-corrected chi connectivity index (χ4v) is 4.96. The second-order valence-corrected chi connectivity index (χ2v) is 7.61. The first kappa shape index (κ1) is 15.9. The number of aromatic nitrogens is 1. The number of thiazole rings is 1. The summed E-state index contributed by atoms with van der Waals surface area (Å²) in [7, 11) is -2.59. The van der Waals surface area contributed by atoms with Gasteiger partial charge in [0.1, 0.15) is 6.04 Å². The fraction of sp³-hybridized carbons (Fsp3) is 0.545. The molecule has 0 aliphatic carbocycles. The number of nitrogens with one attached hydrogen (secondary N) is 1. The highest BCUT2D eigenvalue weighted by Crippen LogP contribution is 2.31. The van der Waals surface area contributed by atoms with Gasteiger partial charge in [-0.1, -0.05) is 11.3 Å². The van der Waals surface area contributed by atoms with Crippen LogP contribution >= 0.6 is 11.3 Å². The molecule has 116 valence electrons. The van der Waals surface area contributed by atoms with E-state index in [4.69, 9.17) is 0 Å². The summed E-state index contributed by atoms with van der Waals surface area (Å²) in [5, 5.41) is 2.63. The monoisotopic (exact) mass is 333 g/mol. The molecule has 1 aromatic heterocycles. The average Bonchev–Trinajstić information content (AvgIpc) is 3.05. The fourth-order valence-electron chi connectivity index (χ4n) is 2.10. The molecule has 0 unspecified atom stereocenters. The SMILES string of the molecule is COC(=O)[C@@H]1CCCN1S(=O)(=O)c1cnc(NC(C)=O)s1. The smallest absolute Gasteiger partial charge is 0.324 e. The van der Waals surface area contributed by atoms with E-state index in [1.807, 2.05) is 0 Å². The summed E-state index contributed by atoms with van der Waals surface area (Å²) < 4.78 is 30.8. The molecular weight excluding hydrogens is 318 g/mol. The quantitative estimate of drug-likeness (QED) is 0.801. The van der Waals surface area contributed by atoms with Gasteiger partial charge in [0.25, 0.3) is 10.0 Å². The number of methoxy groups -OCH3 is 1. The number of sulfonamides is 1. The highest BCUT2D eigenvalue weighted by molar-refractivity contribution is 7.91. The highest BCUT2D eigenvalue weighted by atomic mass is 32.2. The van der Waals surface area contributed by atoms with Crippen molar-refractivity contribution in [3.8, 4) is 0 Å². The van der Waals surface area contributed by atoms with Crippen molar-refractivity contribution in [1.29, 1.82) is 0 Å². The minimum Gasteiger partial charge on any atom is -0.468 e. The van der Waals surface area contributed by atoms with Gasteiger partial charge in [0, 0.05) is 13.5 Å². The third-order valence-electron chi connectivity index (χ3n) is 3.01. The molecule has 1 amide bonds. The number of amides is 1. The molecule has 0 radical (unpaired) electrons. The van der Waals surface area contributed by atoms with E-state index in [9.17, 15) is 18.0 Å². The van der Waals surface area contributed by atoms with Crippen LogP contribution in [-0.4, -0.2) is 49.3 Å². The first-order chi connectivity index (χ1) is 9.86. The van der Waals surface area contributed by atoms with Gasteiger partial charge >= 0.3 is 5.97 Å². The van der Waals surface area contributed by atoms with Crippen molar-refractivity contribution in [3.63, 3.8) is 0 Å². The number of anilines is 1. The molecule has 1 aliphatic heterocycles. The molecule has 1 fully saturated rings. The predicted molar refractivity (Wildman–Crippen MR) is 75.3 cm³/mol. The van der Waals surface area contributed by atoms with Gasteiger partial charge in [-0.25, -0.2) is 13.4 Å². The van der Waals surface area contributed by atoms with Crippen LogP contribution in [0.1, 0.15) is 19.8 Å². The van der Waals surface area contributed by atoms with Gasteiger partial charge in [-0.2, -0.15) is 4.31 Å². The number of esters is 1. The molecule has 8 nitrogen and oxygen atoms in total. The summed E-state index contributed by atoms with van der Waals surface area (Å²) >= 11 is 0.852. The molecule has 2 rings (SSSR count). The zero-order valence-corrected chi connectivity index (χ0v) is 13.2. The van der Waals surface area contributed by atoms with Crippen molar-refractivity contribution in [2.24, 2.45) is 0 Å². The number of hydrogen-bond acceptors (Lipinski definition) is 7. The van der Waals surface area contributed by atoms with Crippen LogP contribution in [0.25, 0.3) is 0 Å². The molecule has 1 atom stereocenters. The second kappa shape index (κ2) is 6.08. The van der Waals surface area contributed by atoms with Crippen LogP contribution in [0.15, 0.2) is 10.4 Å². The maximum Gasteiger partial charge on any atom is 0.324 e. The summed E-state index contributed by atoms with van der Waals surface area (Å²) in [6, 6.07) is -0.800. The molecule has 1 aromatic rings. The van der Waals surface area contributed by atoms with Crippen LogP contribution in [-0.2, 0) is 24.3 Å².